The number of hydrogen-bond donors (Lipinski definition) is 0. The standard InChI is InChI=1S/C50H29N5/c51-30-32-21-24-48(42(26-32)34-10-9-11-35(28-34)54-46-18-7-3-14-39(46)41-23-20-33(31-52)27-50(41)54)55-47-19-8-4-15-40(47)43-29-36(22-25-49(43)55)53-44-16-5-1-12-37(44)38-13-2-6-17-45(38)53/h1-29H. The van der Waals surface area contributed by atoms with Crippen LogP contribution in [0.1, 0.15) is 11.1 Å². The van der Waals surface area contributed by atoms with Gasteiger partial charge < -0.3 is 13.7 Å². The first kappa shape index (κ1) is 30.7. The molecule has 3 heterocycles. The normalized spacial score (nSPS) is 11.6. The number of nitrogens with zero attached hydrogens (tertiary/aromatic N) is 5. The van der Waals surface area contributed by atoms with Gasteiger partial charge in [0.15, 0.2) is 0 Å². The molecule has 0 aliphatic carbocycles. The predicted octanol–water partition coefficient (Wildman–Crippen LogP) is 12.4. The molecule has 5 heteroatoms. The molecule has 0 radical (unpaired) electrons. The maximum Gasteiger partial charge on any atom is 0.0992 e. The van der Waals surface area contributed by atoms with Crippen LogP contribution in [0.4, 0.5) is 0 Å². The number of aromatic nitrogens is 3. The van der Waals surface area contributed by atoms with Gasteiger partial charge in [0.2, 0.25) is 0 Å². The van der Waals surface area contributed by atoms with Crippen molar-refractivity contribution in [3.63, 3.8) is 0 Å². The summed E-state index contributed by atoms with van der Waals surface area (Å²) in [6, 6.07) is 66.0. The lowest BCUT2D eigenvalue weighted by atomic mass is 10.00. The van der Waals surface area contributed by atoms with Crippen LogP contribution in [0.25, 0.3) is 93.6 Å². The third-order valence-electron chi connectivity index (χ3n) is 11.1. The van der Waals surface area contributed by atoms with Gasteiger partial charge in [0.05, 0.1) is 62.1 Å². The van der Waals surface area contributed by atoms with Crippen LogP contribution in [0.3, 0.4) is 0 Å². The highest BCUT2D eigenvalue weighted by atomic mass is 15.0. The molecule has 0 amide bonds. The van der Waals surface area contributed by atoms with E-state index in [-0.39, 0.29) is 0 Å². The summed E-state index contributed by atoms with van der Waals surface area (Å²) in [4.78, 5) is 0. The van der Waals surface area contributed by atoms with Gasteiger partial charge in [-0.1, -0.05) is 91.0 Å². The average Bonchev–Trinajstić information content (AvgIpc) is 3.88. The number of fused-ring (bicyclic) bond motifs is 9. The van der Waals surface area contributed by atoms with Gasteiger partial charge in [-0.2, -0.15) is 10.5 Å². The van der Waals surface area contributed by atoms with E-state index in [1.165, 1.54) is 21.8 Å². The number of benzene rings is 8. The molecule has 11 rings (SSSR count). The molecule has 0 saturated heterocycles. The molecule has 11 aromatic rings. The minimum absolute atomic E-state index is 0.592. The molecule has 0 spiro atoms. The molecule has 55 heavy (non-hydrogen) atoms. The summed E-state index contributed by atoms with van der Waals surface area (Å²) in [6.45, 7) is 0. The molecule has 5 nitrogen and oxygen atoms in total. The summed E-state index contributed by atoms with van der Waals surface area (Å²) in [7, 11) is 0. The second-order valence-corrected chi connectivity index (χ2v) is 14.0. The first-order valence-corrected chi connectivity index (χ1v) is 18.3. The van der Waals surface area contributed by atoms with Crippen molar-refractivity contribution in [2.75, 3.05) is 0 Å². The van der Waals surface area contributed by atoms with Gasteiger partial charge in [-0.25, -0.2) is 0 Å². The van der Waals surface area contributed by atoms with Gasteiger partial charge in [-0.05, 0) is 90.5 Å². The largest absolute Gasteiger partial charge is 0.309 e. The maximum atomic E-state index is 10.1. The Bertz CT molecular complexity index is 3420. The van der Waals surface area contributed by atoms with E-state index in [9.17, 15) is 10.5 Å². The van der Waals surface area contributed by atoms with Gasteiger partial charge in [0.25, 0.3) is 0 Å². The number of nitriles is 2. The van der Waals surface area contributed by atoms with Gasteiger partial charge >= 0.3 is 0 Å². The molecular formula is C50H29N5. The fourth-order valence-electron chi connectivity index (χ4n) is 8.72. The van der Waals surface area contributed by atoms with Crippen LogP contribution < -0.4 is 0 Å². The topological polar surface area (TPSA) is 62.4 Å². The van der Waals surface area contributed by atoms with Gasteiger partial charge in [0.1, 0.15) is 0 Å². The molecule has 0 aliphatic heterocycles. The Hall–Kier alpha value is -7.86. The van der Waals surface area contributed by atoms with Crippen LogP contribution in [0.2, 0.25) is 0 Å². The smallest absolute Gasteiger partial charge is 0.0992 e. The zero-order valence-electron chi connectivity index (χ0n) is 29.5. The molecule has 0 unspecified atom stereocenters. The second kappa shape index (κ2) is 11.8. The maximum absolute atomic E-state index is 10.1. The molecule has 0 atom stereocenters. The van der Waals surface area contributed by atoms with Crippen molar-refractivity contribution in [2.45, 2.75) is 0 Å². The first-order valence-electron chi connectivity index (χ1n) is 18.3. The highest BCUT2D eigenvalue weighted by molar-refractivity contribution is 6.13. The van der Waals surface area contributed by atoms with E-state index in [0.29, 0.717) is 11.1 Å². The minimum atomic E-state index is 0.592. The van der Waals surface area contributed by atoms with Crippen molar-refractivity contribution in [3.8, 4) is 40.3 Å². The van der Waals surface area contributed by atoms with Crippen LogP contribution in [0.15, 0.2) is 176 Å². The van der Waals surface area contributed by atoms with E-state index in [2.05, 4.69) is 171 Å². The van der Waals surface area contributed by atoms with Gasteiger partial charge in [-0.3, -0.25) is 0 Å². The summed E-state index contributed by atoms with van der Waals surface area (Å²) in [5.74, 6) is 0. The predicted molar refractivity (Wildman–Crippen MR) is 224 cm³/mol. The Kier molecular flexibility index (Phi) is 6.61. The SMILES string of the molecule is N#Cc1ccc(-n2c3ccccc3c3cc(-n4c5ccccc5c5ccccc54)ccc32)c(-c2cccc(-n3c4ccccc4c4ccc(C#N)cc43)c2)c1. The summed E-state index contributed by atoms with van der Waals surface area (Å²) < 4.78 is 6.94. The molecule has 254 valence electrons. The Morgan fingerprint density at radius 3 is 1.45 bits per heavy atom. The highest BCUT2D eigenvalue weighted by Crippen LogP contribution is 2.40. The molecule has 0 fully saturated rings. The summed E-state index contributed by atoms with van der Waals surface area (Å²) >= 11 is 0. The molecule has 3 aromatic heterocycles. The quantitative estimate of drug-likeness (QED) is 0.184. The number of hydrogen-bond acceptors (Lipinski definition) is 2. The van der Waals surface area contributed by atoms with Crippen molar-refractivity contribution >= 4 is 65.4 Å². The van der Waals surface area contributed by atoms with Crippen LogP contribution in [-0.4, -0.2) is 13.7 Å². The molecule has 0 saturated carbocycles. The third kappa shape index (κ3) is 4.51. The lowest BCUT2D eigenvalue weighted by molar-refractivity contribution is 1.16. The summed E-state index contributed by atoms with van der Waals surface area (Å²) in [5.41, 5.74) is 12.8. The average molecular weight is 700 g/mol. The first-order chi connectivity index (χ1) is 27.2. The zero-order valence-corrected chi connectivity index (χ0v) is 29.5. The third-order valence-corrected chi connectivity index (χ3v) is 11.1. The molecule has 0 aliphatic rings. The van der Waals surface area contributed by atoms with E-state index in [1.54, 1.807) is 0 Å². The Balaban J connectivity index is 1.15. The molecule has 0 N–H and O–H groups in total. The van der Waals surface area contributed by atoms with E-state index < -0.39 is 0 Å². The van der Waals surface area contributed by atoms with E-state index >= 15 is 0 Å². The fraction of sp³-hybridized carbons (Fsp3) is 0. The van der Waals surface area contributed by atoms with Gasteiger partial charge in [-0.15, -0.1) is 0 Å². The highest BCUT2D eigenvalue weighted by Gasteiger charge is 2.20. The van der Waals surface area contributed by atoms with Crippen LogP contribution in [0, 0.1) is 22.7 Å². The molecule has 0 bridgehead atoms. The zero-order chi connectivity index (χ0) is 36.6. The van der Waals surface area contributed by atoms with Crippen molar-refractivity contribution in [3.05, 3.63) is 187 Å². The van der Waals surface area contributed by atoms with Crippen molar-refractivity contribution < 1.29 is 0 Å². The Morgan fingerprint density at radius 2 is 0.818 bits per heavy atom. The lowest BCUT2D eigenvalue weighted by Gasteiger charge is -2.16. The van der Waals surface area contributed by atoms with Crippen LogP contribution in [0.5, 0.6) is 0 Å². The lowest BCUT2D eigenvalue weighted by Crippen LogP contribution is -2.00. The fourth-order valence-corrected chi connectivity index (χ4v) is 8.72. The van der Waals surface area contributed by atoms with Crippen molar-refractivity contribution in [1.82, 2.24) is 13.7 Å². The summed E-state index contributed by atoms with van der Waals surface area (Å²) in [5, 5.41) is 26.9. The monoisotopic (exact) mass is 699 g/mol. The second-order valence-electron chi connectivity index (χ2n) is 14.0. The summed E-state index contributed by atoms with van der Waals surface area (Å²) in [6.07, 6.45) is 0. The Labute approximate surface area is 316 Å². The Morgan fingerprint density at radius 1 is 0.327 bits per heavy atom. The van der Waals surface area contributed by atoms with E-state index in [0.717, 1.165) is 71.8 Å². The van der Waals surface area contributed by atoms with Crippen molar-refractivity contribution in [2.24, 2.45) is 0 Å². The molecule has 8 aromatic carbocycles. The van der Waals surface area contributed by atoms with Crippen LogP contribution in [-0.2, 0) is 0 Å². The number of rotatable bonds is 4. The number of para-hydroxylation sites is 4. The van der Waals surface area contributed by atoms with E-state index in [1.807, 2.05) is 30.3 Å². The minimum Gasteiger partial charge on any atom is -0.309 e. The van der Waals surface area contributed by atoms with Gasteiger partial charge in [0, 0.05) is 49.3 Å². The molecular weight excluding hydrogens is 671 g/mol. The van der Waals surface area contributed by atoms with Crippen LogP contribution >= 0.6 is 0 Å². The van der Waals surface area contributed by atoms with Crippen molar-refractivity contribution in [1.29, 1.82) is 10.5 Å². The van der Waals surface area contributed by atoms with E-state index in [4.69, 9.17) is 0 Å².